The van der Waals surface area contributed by atoms with E-state index in [0.717, 1.165) is 116 Å². The van der Waals surface area contributed by atoms with Crippen LogP contribution in [-0.2, 0) is 32.7 Å². The van der Waals surface area contributed by atoms with Gasteiger partial charge in [-0.3, -0.25) is 18.6 Å². The van der Waals surface area contributed by atoms with Crippen LogP contribution in [-0.4, -0.2) is 49.3 Å². The van der Waals surface area contributed by atoms with E-state index >= 15 is 0 Å². The summed E-state index contributed by atoms with van der Waals surface area (Å²) in [5.74, 6) is -0.835. The lowest BCUT2D eigenvalue weighted by Gasteiger charge is -2.19. The summed E-state index contributed by atoms with van der Waals surface area (Å²) in [5.41, 5.74) is 5.39. The van der Waals surface area contributed by atoms with Gasteiger partial charge in [0.15, 0.2) is 6.10 Å². The van der Waals surface area contributed by atoms with Crippen molar-refractivity contribution in [2.24, 2.45) is 5.73 Å². The van der Waals surface area contributed by atoms with E-state index in [9.17, 15) is 19.0 Å². The van der Waals surface area contributed by atoms with Crippen molar-refractivity contribution in [3.8, 4) is 0 Å². The molecule has 0 aliphatic rings. The van der Waals surface area contributed by atoms with E-state index in [-0.39, 0.29) is 38.6 Å². The maximum Gasteiger partial charge on any atom is 0.472 e. The highest BCUT2D eigenvalue weighted by molar-refractivity contribution is 7.47. The summed E-state index contributed by atoms with van der Waals surface area (Å²) < 4.78 is 33.1. The highest BCUT2D eigenvalue weighted by Crippen LogP contribution is 2.43. The molecule has 10 heteroatoms. The number of ether oxygens (including phenoxy) is 2. The molecule has 0 aromatic rings. The number of carbonyl (C=O) groups excluding carboxylic acids is 2. The molecular formula is C69H118NO8P. The molecule has 0 rings (SSSR count). The Morgan fingerprint density at radius 2 is 0.658 bits per heavy atom. The van der Waals surface area contributed by atoms with Gasteiger partial charge in [0.1, 0.15) is 6.61 Å². The Balaban J connectivity index is 3.90. The van der Waals surface area contributed by atoms with Gasteiger partial charge in [-0.1, -0.05) is 277 Å². The van der Waals surface area contributed by atoms with Crippen molar-refractivity contribution >= 4 is 19.8 Å². The second kappa shape index (κ2) is 63.6. The molecule has 452 valence electrons. The van der Waals surface area contributed by atoms with Gasteiger partial charge in [-0.2, -0.15) is 0 Å². The first-order valence-electron chi connectivity index (χ1n) is 32.0. The molecule has 0 aliphatic heterocycles. The molecule has 0 aromatic carbocycles. The summed E-state index contributed by atoms with van der Waals surface area (Å²) in [6.45, 7) is 3.52. The zero-order valence-electron chi connectivity index (χ0n) is 50.6. The van der Waals surface area contributed by atoms with Gasteiger partial charge in [0, 0.05) is 19.4 Å². The monoisotopic (exact) mass is 1120 g/mol. The van der Waals surface area contributed by atoms with Crippen LogP contribution in [0.15, 0.2) is 122 Å². The molecule has 0 amide bonds. The molecule has 0 radical (unpaired) electrons. The van der Waals surface area contributed by atoms with Crippen molar-refractivity contribution in [3.63, 3.8) is 0 Å². The van der Waals surface area contributed by atoms with Crippen LogP contribution in [0.1, 0.15) is 271 Å². The molecule has 0 aromatic heterocycles. The second-order valence-corrected chi connectivity index (χ2v) is 22.3. The summed E-state index contributed by atoms with van der Waals surface area (Å²) in [4.78, 5) is 35.3. The predicted molar refractivity (Wildman–Crippen MR) is 339 cm³/mol. The van der Waals surface area contributed by atoms with Crippen LogP contribution < -0.4 is 5.73 Å². The average Bonchev–Trinajstić information content (AvgIpc) is 3.44. The first-order chi connectivity index (χ1) is 38.8. The molecule has 0 fully saturated rings. The number of hydrogen-bond acceptors (Lipinski definition) is 8. The predicted octanol–water partition coefficient (Wildman–Crippen LogP) is 20.7. The van der Waals surface area contributed by atoms with Crippen LogP contribution in [0.2, 0.25) is 0 Å². The highest BCUT2D eigenvalue weighted by Gasteiger charge is 2.26. The van der Waals surface area contributed by atoms with E-state index in [1.807, 2.05) is 0 Å². The molecule has 0 saturated heterocycles. The average molecular weight is 1120 g/mol. The van der Waals surface area contributed by atoms with Gasteiger partial charge in [-0.25, -0.2) is 4.57 Å². The summed E-state index contributed by atoms with van der Waals surface area (Å²) in [5, 5.41) is 0. The first-order valence-corrected chi connectivity index (χ1v) is 33.5. The quantitative estimate of drug-likeness (QED) is 0.0264. The fraction of sp³-hybridized carbons (Fsp3) is 0.681. The van der Waals surface area contributed by atoms with E-state index in [2.05, 4.69) is 135 Å². The molecule has 79 heavy (non-hydrogen) atoms. The Morgan fingerprint density at radius 1 is 0.380 bits per heavy atom. The number of phosphoric acid groups is 1. The number of carbonyl (C=O) groups is 2. The number of phosphoric ester groups is 1. The minimum atomic E-state index is -4.40. The van der Waals surface area contributed by atoms with Crippen LogP contribution in [0, 0.1) is 0 Å². The third-order valence-corrected chi connectivity index (χ3v) is 14.3. The Hall–Kier alpha value is -3.59. The number of esters is 2. The minimum Gasteiger partial charge on any atom is -0.462 e. The Kier molecular flexibility index (Phi) is 60.7. The highest BCUT2D eigenvalue weighted by atomic mass is 31.2. The Morgan fingerprint density at radius 3 is 0.975 bits per heavy atom. The maximum absolute atomic E-state index is 12.7. The fourth-order valence-electron chi connectivity index (χ4n) is 8.69. The number of rotatable bonds is 59. The van der Waals surface area contributed by atoms with Crippen molar-refractivity contribution in [2.45, 2.75) is 277 Å². The lowest BCUT2D eigenvalue weighted by Crippen LogP contribution is -2.29. The van der Waals surface area contributed by atoms with Gasteiger partial charge < -0.3 is 20.1 Å². The van der Waals surface area contributed by atoms with E-state index in [4.69, 9.17) is 24.3 Å². The summed E-state index contributed by atoms with van der Waals surface area (Å²) >= 11 is 0. The SMILES string of the molecule is CC/C=C\C/C=C\C/C=C\C/C=C\C/C=C\C/C=C\CCCCCCCCCCCCCCCCCCCCC(=O)OC(COC(=O)CCCCCCCCCC/C=C\C/C=C\C/C=C\C/C=C\CC)COP(=O)(O)OCCN. The Bertz CT molecular complexity index is 1710. The molecule has 0 heterocycles. The number of hydrogen-bond donors (Lipinski definition) is 2. The summed E-state index contributed by atoms with van der Waals surface area (Å²) in [7, 11) is -4.40. The zero-order chi connectivity index (χ0) is 57.3. The van der Waals surface area contributed by atoms with Crippen LogP contribution in [0.4, 0.5) is 0 Å². The largest absolute Gasteiger partial charge is 0.472 e. The smallest absolute Gasteiger partial charge is 0.462 e. The first kappa shape index (κ1) is 75.4. The molecule has 0 saturated carbocycles. The normalized spacial score (nSPS) is 13.8. The van der Waals surface area contributed by atoms with E-state index < -0.39 is 26.5 Å². The molecule has 9 nitrogen and oxygen atoms in total. The molecule has 2 atom stereocenters. The van der Waals surface area contributed by atoms with Crippen molar-refractivity contribution in [1.29, 1.82) is 0 Å². The molecule has 0 bridgehead atoms. The van der Waals surface area contributed by atoms with Gasteiger partial charge in [-0.05, 0) is 103 Å². The lowest BCUT2D eigenvalue weighted by atomic mass is 10.0. The van der Waals surface area contributed by atoms with E-state index in [1.54, 1.807) is 0 Å². The minimum absolute atomic E-state index is 0.0482. The maximum atomic E-state index is 12.7. The van der Waals surface area contributed by atoms with Gasteiger partial charge in [0.2, 0.25) is 0 Å². The third-order valence-electron chi connectivity index (χ3n) is 13.3. The molecular weight excluding hydrogens is 1000 g/mol. The van der Waals surface area contributed by atoms with Crippen LogP contribution in [0.3, 0.4) is 0 Å². The van der Waals surface area contributed by atoms with Gasteiger partial charge in [-0.15, -0.1) is 0 Å². The fourth-order valence-corrected chi connectivity index (χ4v) is 9.46. The third kappa shape index (κ3) is 63.5. The molecule has 0 aliphatic carbocycles. The number of unbranched alkanes of at least 4 members (excludes halogenated alkanes) is 26. The summed E-state index contributed by atoms with van der Waals surface area (Å²) in [6.07, 6.45) is 88.4. The van der Waals surface area contributed by atoms with Crippen molar-refractivity contribution < 1.29 is 37.6 Å². The lowest BCUT2D eigenvalue weighted by molar-refractivity contribution is -0.161. The van der Waals surface area contributed by atoms with Gasteiger partial charge in [0.25, 0.3) is 0 Å². The van der Waals surface area contributed by atoms with Gasteiger partial charge in [0.05, 0.1) is 13.2 Å². The molecule has 2 unspecified atom stereocenters. The Labute approximate surface area is 485 Å². The van der Waals surface area contributed by atoms with Gasteiger partial charge >= 0.3 is 19.8 Å². The zero-order valence-corrected chi connectivity index (χ0v) is 51.5. The summed E-state index contributed by atoms with van der Waals surface area (Å²) in [6, 6.07) is 0. The standard InChI is InChI=1S/C69H118NO8P/c1-3-5-7-9-11-13-15-17-19-21-23-25-26-27-28-29-30-31-32-33-34-35-36-37-38-39-40-42-44-46-48-50-52-54-56-58-60-62-69(72)78-67(66-77-79(73,74)76-64-63-70)65-75-68(71)61-59-57-55-53-51-49-47-45-43-41-24-22-20-18-16-14-12-10-8-6-4-2/h5-8,11-14,17-20,23-25,27-28,30-31,41,67H,3-4,9-10,15-16,21-22,26,29,32-40,42-66,70H2,1-2H3,(H,73,74)/b7-5-,8-6-,13-11-,14-12-,19-17-,20-18-,25-23-,28-27-,31-30-,41-24-. The van der Waals surface area contributed by atoms with Crippen molar-refractivity contribution in [1.82, 2.24) is 0 Å². The number of allylic oxidation sites excluding steroid dienone is 20. The van der Waals surface area contributed by atoms with Crippen LogP contribution in [0.5, 0.6) is 0 Å². The van der Waals surface area contributed by atoms with E-state index in [0.29, 0.717) is 6.42 Å². The second-order valence-electron chi connectivity index (χ2n) is 20.9. The molecule has 3 N–H and O–H groups in total. The van der Waals surface area contributed by atoms with Crippen LogP contribution >= 0.6 is 7.82 Å². The topological polar surface area (TPSA) is 134 Å². The van der Waals surface area contributed by atoms with Crippen molar-refractivity contribution in [3.05, 3.63) is 122 Å². The van der Waals surface area contributed by atoms with Crippen LogP contribution in [0.25, 0.3) is 0 Å². The van der Waals surface area contributed by atoms with Crippen molar-refractivity contribution in [2.75, 3.05) is 26.4 Å². The number of nitrogens with two attached hydrogens (primary N) is 1. The molecule has 0 spiro atoms. The van der Waals surface area contributed by atoms with E-state index in [1.165, 1.54) is 122 Å².